The molecular weight excluding hydrogens is 354 g/mol. The van der Waals surface area contributed by atoms with Crippen LogP contribution >= 0.6 is 0 Å². The minimum absolute atomic E-state index is 0.0567. The second kappa shape index (κ2) is 7.44. The van der Waals surface area contributed by atoms with Gasteiger partial charge in [-0.1, -0.05) is 12.1 Å². The van der Waals surface area contributed by atoms with Crippen molar-refractivity contribution in [3.05, 3.63) is 85.1 Å². The second-order valence-corrected chi connectivity index (χ2v) is 6.47. The lowest BCUT2D eigenvalue weighted by molar-refractivity contribution is -0.136. The number of rotatable bonds is 6. The molecule has 0 radical (unpaired) electrons. The van der Waals surface area contributed by atoms with Crippen LogP contribution in [0.2, 0.25) is 0 Å². The summed E-state index contributed by atoms with van der Waals surface area (Å²) in [6.45, 7) is 0. The SMILES string of the molecule is O=C(O)CCc1ccc(-c2ccc(-n3ccnc3)cc2)n1-c1ccc(O)cc1. The number of aliphatic carboxylic acids is 1. The Balaban J connectivity index is 1.75. The molecule has 0 aliphatic rings. The molecule has 0 spiro atoms. The largest absolute Gasteiger partial charge is 0.508 e. The smallest absolute Gasteiger partial charge is 0.303 e. The van der Waals surface area contributed by atoms with Crippen molar-refractivity contribution in [2.24, 2.45) is 0 Å². The Hall–Kier alpha value is -3.80. The summed E-state index contributed by atoms with van der Waals surface area (Å²) in [6, 6.07) is 18.9. The lowest BCUT2D eigenvalue weighted by Crippen LogP contribution is -2.05. The van der Waals surface area contributed by atoms with E-state index < -0.39 is 5.97 Å². The number of aryl methyl sites for hydroxylation is 1. The molecule has 4 aromatic rings. The quantitative estimate of drug-likeness (QED) is 0.534. The summed E-state index contributed by atoms with van der Waals surface area (Å²) < 4.78 is 3.97. The minimum atomic E-state index is -0.829. The maximum Gasteiger partial charge on any atom is 0.303 e. The highest BCUT2D eigenvalue weighted by Crippen LogP contribution is 2.29. The fourth-order valence-corrected chi connectivity index (χ4v) is 3.26. The number of imidazole rings is 1. The zero-order valence-electron chi connectivity index (χ0n) is 15.1. The average molecular weight is 373 g/mol. The fraction of sp³-hybridized carbons (Fsp3) is 0.0909. The number of carbonyl (C=O) groups is 1. The van der Waals surface area contributed by atoms with Gasteiger partial charge in [0, 0.05) is 29.5 Å². The van der Waals surface area contributed by atoms with Gasteiger partial charge < -0.3 is 19.3 Å². The maximum absolute atomic E-state index is 11.0. The third-order valence-corrected chi connectivity index (χ3v) is 4.63. The molecule has 2 N–H and O–H groups in total. The Morgan fingerprint density at radius 2 is 1.64 bits per heavy atom. The van der Waals surface area contributed by atoms with Gasteiger partial charge in [-0.25, -0.2) is 4.98 Å². The third kappa shape index (κ3) is 3.53. The molecule has 0 aliphatic heterocycles. The number of benzene rings is 2. The van der Waals surface area contributed by atoms with E-state index in [1.165, 1.54) is 0 Å². The molecule has 140 valence electrons. The molecule has 0 aliphatic carbocycles. The van der Waals surface area contributed by atoms with Crippen LogP contribution in [0.5, 0.6) is 5.75 Å². The van der Waals surface area contributed by atoms with Crippen LogP contribution in [0.1, 0.15) is 12.1 Å². The number of nitrogens with zero attached hydrogens (tertiary/aromatic N) is 3. The standard InChI is InChI=1S/C22H19N3O3/c26-20-9-5-18(6-10-20)25-19(8-12-22(27)28)7-11-21(25)16-1-3-17(4-2-16)24-14-13-23-15-24/h1-7,9-11,13-15,26H,8,12H2,(H,27,28). The van der Waals surface area contributed by atoms with Crippen molar-refractivity contribution in [3.63, 3.8) is 0 Å². The van der Waals surface area contributed by atoms with Gasteiger partial charge in [-0.3, -0.25) is 4.79 Å². The number of hydrogen-bond acceptors (Lipinski definition) is 3. The van der Waals surface area contributed by atoms with E-state index in [9.17, 15) is 9.90 Å². The van der Waals surface area contributed by atoms with Crippen molar-refractivity contribution in [2.75, 3.05) is 0 Å². The summed E-state index contributed by atoms with van der Waals surface area (Å²) >= 11 is 0. The summed E-state index contributed by atoms with van der Waals surface area (Å²) in [7, 11) is 0. The normalized spacial score (nSPS) is 10.9. The monoisotopic (exact) mass is 373 g/mol. The van der Waals surface area contributed by atoms with Crippen molar-refractivity contribution in [3.8, 4) is 28.4 Å². The molecule has 2 aromatic heterocycles. The molecule has 0 amide bonds. The molecule has 0 unspecified atom stereocenters. The van der Waals surface area contributed by atoms with Gasteiger partial charge in [-0.15, -0.1) is 0 Å². The van der Waals surface area contributed by atoms with Gasteiger partial charge in [-0.2, -0.15) is 0 Å². The number of carboxylic acid groups (broad SMARTS) is 1. The third-order valence-electron chi connectivity index (χ3n) is 4.63. The highest BCUT2D eigenvalue weighted by atomic mass is 16.4. The van der Waals surface area contributed by atoms with Gasteiger partial charge in [0.15, 0.2) is 0 Å². The van der Waals surface area contributed by atoms with E-state index in [0.717, 1.165) is 28.3 Å². The summed E-state index contributed by atoms with van der Waals surface area (Å²) in [5, 5.41) is 18.7. The Morgan fingerprint density at radius 1 is 0.929 bits per heavy atom. The molecular formula is C22H19N3O3. The van der Waals surface area contributed by atoms with E-state index in [1.54, 1.807) is 24.7 Å². The van der Waals surface area contributed by atoms with Crippen molar-refractivity contribution < 1.29 is 15.0 Å². The van der Waals surface area contributed by atoms with Crippen molar-refractivity contribution in [1.29, 1.82) is 0 Å². The lowest BCUT2D eigenvalue weighted by atomic mass is 10.1. The number of hydrogen-bond donors (Lipinski definition) is 2. The molecule has 0 atom stereocenters. The van der Waals surface area contributed by atoms with Crippen LogP contribution < -0.4 is 0 Å². The van der Waals surface area contributed by atoms with Crippen LogP contribution in [0.4, 0.5) is 0 Å². The summed E-state index contributed by atoms with van der Waals surface area (Å²) in [5.74, 6) is -0.640. The molecule has 2 heterocycles. The van der Waals surface area contributed by atoms with Crippen LogP contribution in [-0.4, -0.2) is 30.3 Å². The van der Waals surface area contributed by atoms with Crippen molar-refractivity contribution >= 4 is 5.97 Å². The molecule has 2 aromatic carbocycles. The Labute approximate surface area is 162 Å². The fourth-order valence-electron chi connectivity index (χ4n) is 3.26. The first-order valence-corrected chi connectivity index (χ1v) is 8.92. The first kappa shape index (κ1) is 17.6. The molecule has 4 rings (SSSR count). The van der Waals surface area contributed by atoms with Crippen LogP contribution in [0.25, 0.3) is 22.6 Å². The number of aromatic hydroxyl groups is 1. The predicted molar refractivity (Wildman–Crippen MR) is 106 cm³/mol. The number of phenolic OH excluding ortho intramolecular Hbond substituents is 1. The van der Waals surface area contributed by atoms with Crippen LogP contribution in [0.15, 0.2) is 79.4 Å². The van der Waals surface area contributed by atoms with Gasteiger partial charge in [0.1, 0.15) is 5.75 Å². The van der Waals surface area contributed by atoms with E-state index in [-0.39, 0.29) is 12.2 Å². The van der Waals surface area contributed by atoms with E-state index in [0.29, 0.717) is 6.42 Å². The predicted octanol–water partition coefficient (Wildman–Crippen LogP) is 4.05. The minimum Gasteiger partial charge on any atom is -0.508 e. The van der Waals surface area contributed by atoms with Crippen molar-refractivity contribution in [2.45, 2.75) is 12.8 Å². The highest BCUT2D eigenvalue weighted by Gasteiger charge is 2.13. The summed E-state index contributed by atoms with van der Waals surface area (Å²) in [4.78, 5) is 15.1. The Bertz CT molecular complexity index is 1080. The number of carboxylic acids is 1. The molecule has 0 saturated carbocycles. The Morgan fingerprint density at radius 3 is 2.29 bits per heavy atom. The van der Waals surface area contributed by atoms with Gasteiger partial charge >= 0.3 is 5.97 Å². The van der Waals surface area contributed by atoms with Crippen LogP contribution in [0, 0.1) is 0 Å². The topological polar surface area (TPSA) is 80.3 Å². The van der Waals surface area contributed by atoms with E-state index in [4.69, 9.17) is 5.11 Å². The number of phenols is 1. The van der Waals surface area contributed by atoms with Crippen LogP contribution in [-0.2, 0) is 11.2 Å². The van der Waals surface area contributed by atoms with Gasteiger partial charge in [-0.05, 0) is 60.5 Å². The summed E-state index contributed by atoms with van der Waals surface area (Å²) in [5.41, 5.74) is 4.76. The maximum atomic E-state index is 11.0. The van der Waals surface area contributed by atoms with E-state index in [1.807, 2.05) is 63.9 Å². The first-order valence-electron chi connectivity index (χ1n) is 8.92. The first-order chi connectivity index (χ1) is 13.6. The average Bonchev–Trinajstić information content (AvgIpc) is 3.37. The van der Waals surface area contributed by atoms with E-state index in [2.05, 4.69) is 4.98 Å². The second-order valence-electron chi connectivity index (χ2n) is 6.47. The van der Waals surface area contributed by atoms with Crippen LogP contribution in [0.3, 0.4) is 0 Å². The highest BCUT2D eigenvalue weighted by molar-refractivity contribution is 5.68. The molecule has 0 fully saturated rings. The zero-order chi connectivity index (χ0) is 19.5. The van der Waals surface area contributed by atoms with Gasteiger partial charge in [0.05, 0.1) is 18.4 Å². The molecule has 6 nitrogen and oxygen atoms in total. The Kier molecular flexibility index (Phi) is 4.68. The van der Waals surface area contributed by atoms with Gasteiger partial charge in [0.25, 0.3) is 0 Å². The lowest BCUT2D eigenvalue weighted by Gasteiger charge is -2.14. The molecule has 0 bridgehead atoms. The molecule has 6 heteroatoms. The zero-order valence-corrected chi connectivity index (χ0v) is 15.1. The summed E-state index contributed by atoms with van der Waals surface area (Å²) in [6.07, 6.45) is 5.85. The van der Waals surface area contributed by atoms with E-state index >= 15 is 0 Å². The van der Waals surface area contributed by atoms with Gasteiger partial charge in [0.2, 0.25) is 0 Å². The molecule has 28 heavy (non-hydrogen) atoms. The number of aromatic nitrogens is 3. The van der Waals surface area contributed by atoms with Crippen molar-refractivity contribution in [1.82, 2.24) is 14.1 Å². The molecule has 0 saturated heterocycles.